The predicted octanol–water partition coefficient (Wildman–Crippen LogP) is 3.03. The van der Waals surface area contributed by atoms with Gasteiger partial charge >= 0.3 is 0 Å². The Balaban J connectivity index is 2.07. The zero-order valence-corrected chi connectivity index (χ0v) is 13.6. The average molecular weight is 311 g/mol. The number of nitrogens with zero attached hydrogens (tertiary/aromatic N) is 1. The van der Waals surface area contributed by atoms with Crippen molar-refractivity contribution >= 4 is 11.6 Å². The van der Waals surface area contributed by atoms with Crippen LogP contribution < -0.4 is 10.5 Å². The first-order chi connectivity index (χ1) is 10.8. The second kappa shape index (κ2) is 6.60. The van der Waals surface area contributed by atoms with Gasteiger partial charge < -0.3 is 10.5 Å². The average Bonchev–Trinajstić information content (AvgIpc) is 2.53. The summed E-state index contributed by atoms with van der Waals surface area (Å²) in [6, 6.07) is 11.1. The number of Topliss-reactive ketones (excluding diaryl/α,β-unsaturated/α-hetero) is 1. The fourth-order valence-corrected chi connectivity index (χ4v) is 1.83. The van der Waals surface area contributed by atoms with E-state index < -0.39 is 5.41 Å². The van der Waals surface area contributed by atoms with Crippen molar-refractivity contribution in [2.24, 2.45) is 11.1 Å². The van der Waals surface area contributed by atoms with E-state index in [0.717, 1.165) is 11.1 Å². The summed E-state index contributed by atoms with van der Waals surface area (Å²) in [6.45, 7) is 5.55. The number of pyridine rings is 1. The Morgan fingerprint density at radius 3 is 2.26 bits per heavy atom. The van der Waals surface area contributed by atoms with Gasteiger partial charge in [-0.15, -0.1) is 0 Å². The lowest BCUT2D eigenvalue weighted by Crippen LogP contribution is -2.29. The molecular formula is C18H21N3O2. The zero-order valence-electron chi connectivity index (χ0n) is 13.6. The van der Waals surface area contributed by atoms with Gasteiger partial charge in [-0.05, 0) is 32.4 Å². The Hall–Kier alpha value is -2.69. The Bertz CT molecular complexity index is 704. The van der Waals surface area contributed by atoms with Crippen LogP contribution in [0.3, 0.4) is 0 Å². The molecule has 0 unspecified atom stereocenters. The summed E-state index contributed by atoms with van der Waals surface area (Å²) in [5, 5.41) is 7.39. The third kappa shape index (κ3) is 4.16. The van der Waals surface area contributed by atoms with Gasteiger partial charge in [0.2, 0.25) is 5.88 Å². The van der Waals surface area contributed by atoms with Crippen molar-refractivity contribution in [3.63, 3.8) is 0 Å². The lowest BCUT2D eigenvalue weighted by atomic mass is 9.90. The number of aromatic nitrogens is 1. The Kier molecular flexibility index (Phi) is 4.79. The predicted molar refractivity (Wildman–Crippen MR) is 90.6 cm³/mol. The minimum Gasteiger partial charge on any atom is -0.477 e. The Morgan fingerprint density at radius 1 is 1.17 bits per heavy atom. The molecule has 0 aliphatic rings. The van der Waals surface area contributed by atoms with Crippen LogP contribution in [0.5, 0.6) is 5.88 Å². The van der Waals surface area contributed by atoms with Crippen LogP contribution in [0.15, 0.2) is 42.6 Å². The highest BCUT2D eigenvalue weighted by atomic mass is 16.5. The first kappa shape index (κ1) is 16.7. The van der Waals surface area contributed by atoms with E-state index in [4.69, 9.17) is 15.9 Å². The van der Waals surface area contributed by atoms with Crippen molar-refractivity contribution < 1.29 is 9.53 Å². The molecule has 0 saturated carbocycles. The number of ketones is 1. The molecule has 0 saturated heterocycles. The highest BCUT2D eigenvalue weighted by Crippen LogP contribution is 2.22. The van der Waals surface area contributed by atoms with Gasteiger partial charge in [-0.2, -0.15) is 0 Å². The standard InChI is InChI=1S/C18H21N3O2/c1-12(22)18(2,3)11-23-16-9-8-15(10-21-16)13-4-6-14(7-5-13)17(19)20/h4-10H,11H2,1-3H3,(H3,19,20). The molecule has 0 bridgehead atoms. The van der Waals surface area contributed by atoms with Crippen LogP contribution in [0.1, 0.15) is 26.3 Å². The van der Waals surface area contributed by atoms with E-state index in [0.29, 0.717) is 18.1 Å². The number of amidine groups is 1. The van der Waals surface area contributed by atoms with E-state index >= 15 is 0 Å². The second-order valence-electron chi connectivity index (χ2n) is 6.10. The van der Waals surface area contributed by atoms with Crippen molar-refractivity contribution in [2.75, 3.05) is 6.61 Å². The summed E-state index contributed by atoms with van der Waals surface area (Å²) in [4.78, 5) is 15.8. The summed E-state index contributed by atoms with van der Waals surface area (Å²) >= 11 is 0. The number of carbonyl (C=O) groups is 1. The van der Waals surface area contributed by atoms with Crippen LogP contribution in [-0.2, 0) is 4.79 Å². The lowest BCUT2D eigenvalue weighted by molar-refractivity contribution is -0.126. The van der Waals surface area contributed by atoms with Gasteiger partial charge in [0.1, 0.15) is 18.2 Å². The number of nitrogen functional groups attached to an aromatic ring is 1. The van der Waals surface area contributed by atoms with Crippen LogP contribution in [0.2, 0.25) is 0 Å². The van der Waals surface area contributed by atoms with E-state index in [1.165, 1.54) is 0 Å². The molecule has 0 aliphatic heterocycles. The number of hydrogen-bond donors (Lipinski definition) is 2. The van der Waals surface area contributed by atoms with Crippen molar-refractivity contribution in [3.05, 3.63) is 48.2 Å². The first-order valence-corrected chi connectivity index (χ1v) is 7.34. The molecular weight excluding hydrogens is 290 g/mol. The maximum atomic E-state index is 11.5. The van der Waals surface area contributed by atoms with E-state index in [1.807, 2.05) is 32.0 Å². The summed E-state index contributed by atoms with van der Waals surface area (Å²) in [6.07, 6.45) is 1.72. The number of rotatable bonds is 6. The van der Waals surface area contributed by atoms with Crippen molar-refractivity contribution in [2.45, 2.75) is 20.8 Å². The van der Waals surface area contributed by atoms with Crippen LogP contribution in [0, 0.1) is 10.8 Å². The van der Waals surface area contributed by atoms with Gasteiger partial charge in [-0.1, -0.05) is 24.3 Å². The van der Waals surface area contributed by atoms with Crippen molar-refractivity contribution in [1.82, 2.24) is 4.98 Å². The SMILES string of the molecule is CC(=O)C(C)(C)COc1ccc(-c2ccc(C(=N)N)cc2)cn1. The van der Waals surface area contributed by atoms with Crippen molar-refractivity contribution in [1.29, 1.82) is 5.41 Å². The van der Waals surface area contributed by atoms with Crippen LogP contribution in [-0.4, -0.2) is 23.2 Å². The normalized spacial score (nSPS) is 11.1. The summed E-state index contributed by atoms with van der Waals surface area (Å²) in [7, 11) is 0. The molecule has 23 heavy (non-hydrogen) atoms. The second-order valence-corrected chi connectivity index (χ2v) is 6.10. The first-order valence-electron chi connectivity index (χ1n) is 7.34. The number of nitrogens with two attached hydrogens (primary N) is 1. The molecule has 5 heteroatoms. The third-order valence-corrected chi connectivity index (χ3v) is 3.80. The zero-order chi connectivity index (χ0) is 17.0. The molecule has 0 radical (unpaired) electrons. The quantitative estimate of drug-likeness (QED) is 0.634. The number of carbonyl (C=O) groups excluding carboxylic acids is 1. The van der Waals surface area contributed by atoms with E-state index in [9.17, 15) is 4.79 Å². The smallest absolute Gasteiger partial charge is 0.213 e. The minimum atomic E-state index is -0.525. The van der Waals surface area contributed by atoms with Crippen molar-refractivity contribution in [3.8, 4) is 17.0 Å². The topological polar surface area (TPSA) is 89.1 Å². The molecule has 5 nitrogen and oxygen atoms in total. The lowest BCUT2D eigenvalue weighted by Gasteiger charge is -2.20. The molecule has 0 amide bonds. The fourth-order valence-electron chi connectivity index (χ4n) is 1.83. The highest BCUT2D eigenvalue weighted by Gasteiger charge is 2.24. The van der Waals surface area contributed by atoms with E-state index in [-0.39, 0.29) is 11.6 Å². The van der Waals surface area contributed by atoms with E-state index in [2.05, 4.69) is 4.98 Å². The van der Waals surface area contributed by atoms with Gasteiger partial charge in [0.05, 0.1) is 5.41 Å². The van der Waals surface area contributed by atoms with Gasteiger partial charge in [0.15, 0.2) is 0 Å². The van der Waals surface area contributed by atoms with Gasteiger partial charge in [0, 0.05) is 23.4 Å². The van der Waals surface area contributed by atoms with E-state index in [1.54, 1.807) is 31.3 Å². The molecule has 0 spiro atoms. The number of nitrogens with one attached hydrogen (secondary N) is 1. The molecule has 2 rings (SSSR count). The maximum Gasteiger partial charge on any atom is 0.213 e. The van der Waals surface area contributed by atoms with Gasteiger partial charge in [-0.3, -0.25) is 10.2 Å². The Labute approximate surface area is 136 Å². The molecule has 2 aromatic rings. The molecule has 1 aromatic heterocycles. The van der Waals surface area contributed by atoms with Crippen LogP contribution >= 0.6 is 0 Å². The molecule has 120 valence electrons. The Morgan fingerprint density at radius 2 is 1.78 bits per heavy atom. The summed E-state index contributed by atoms with van der Waals surface area (Å²) < 4.78 is 5.60. The molecule has 0 aliphatic carbocycles. The molecule has 0 fully saturated rings. The molecule has 1 heterocycles. The number of benzene rings is 1. The third-order valence-electron chi connectivity index (χ3n) is 3.80. The molecule has 1 aromatic carbocycles. The largest absolute Gasteiger partial charge is 0.477 e. The fraction of sp³-hybridized carbons (Fsp3) is 0.278. The van der Waals surface area contributed by atoms with Gasteiger partial charge in [-0.25, -0.2) is 4.98 Å². The monoisotopic (exact) mass is 311 g/mol. The highest BCUT2D eigenvalue weighted by molar-refractivity contribution is 5.95. The number of ether oxygens (including phenoxy) is 1. The van der Waals surface area contributed by atoms with Crippen LogP contribution in [0.25, 0.3) is 11.1 Å². The molecule has 3 N–H and O–H groups in total. The maximum absolute atomic E-state index is 11.5. The summed E-state index contributed by atoms with van der Waals surface area (Å²) in [5.74, 6) is 0.620. The van der Waals surface area contributed by atoms with Crippen LogP contribution in [0.4, 0.5) is 0 Å². The molecule has 0 atom stereocenters. The number of hydrogen-bond acceptors (Lipinski definition) is 4. The van der Waals surface area contributed by atoms with Gasteiger partial charge in [0.25, 0.3) is 0 Å². The minimum absolute atomic E-state index is 0.0477. The summed E-state index contributed by atoms with van der Waals surface area (Å²) in [5.41, 5.74) is 7.53.